The summed E-state index contributed by atoms with van der Waals surface area (Å²) >= 11 is 0. The molecule has 1 aromatic carbocycles. The number of benzene rings is 1. The molecule has 2 aromatic rings. The van der Waals surface area contributed by atoms with Gasteiger partial charge in [-0.05, 0) is 62.0 Å². The lowest BCUT2D eigenvalue weighted by molar-refractivity contribution is 0.0742. The van der Waals surface area contributed by atoms with Crippen molar-refractivity contribution in [2.24, 2.45) is 11.7 Å². The zero-order chi connectivity index (χ0) is 24.7. The summed E-state index contributed by atoms with van der Waals surface area (Å²) in [5.74, 6) is -2.25. The molecular weight excluding hydrogens is 455 g/mol. The first kappa shape index (κ1) is 23.4. The fraction of sp³-hybridized carbons (Fsp3) is 0.423. The Balaban J connectivity index is 1.62. The average Bonchev–Trinajstić information content (AvgIpc) is 3.64. The lowest BCUT2D eigenvalue weighted by Gasteiger charge is -2.33. The fourth-order valence-electron chi connectivity index (χ4n) is 5.07. The second kappa shape index (κ2) is 9.00. The van der Waals surface area contributed by atoms with E-state index in [9.17, 15) is 9.18 Å². The maximum atomic E-state index is 16.3. The standard InChI is InChI=1S/C26H26F3N5O/c27-20-5-3-10-26(29,18-8-9-18)24(20)34-23(16-6-7-17(14-30)21(28)12-16)13-22(32-34)25(35)33-11-2-1-4-19(31)15-33/h3,5-7,10,12-13,18-19,24H,1-2,4,8-9,11,15,31H2. The third-order valence-corrected chi connectivity index (χ3v) is 7.07. The number of hydrogen-bond acceptors (Lipinski definition) is 4. The molecule has 1 aromatic heterocycles. The number of amides is 1. The molecule has 2 aliphatic carbocycles. The van der Waals surface area contributed by atoms with Crippen LogP contribution in [-0.4, -0.2) is 45.4 Å². The number of allylic oxidation sites excluding steroid dienone is 4. The topological polar surface area (TPSA) is 87.9 Å². The van der Waals surface area contributed by atoms with E-state index in [4.69, 9.17) is 11.0 Å². The number of nitriles is 1. The van der Waals surface area contributed by atoms with Gasteiger partial charge in [-0.1, -0.05) is 18.6 Å². The van der Waals surface area contributed by atoms with Crippen molar-refractivity contribution in [2.45, 2.75) is 49.9 Å². The molecule has 2 heterocycles. The summed E-state index contributed by atoms with van der Waals surface area (Å²) < 4.78 is 47.2. The largest absolute Gasteiger partial charge is 0.336 e. The molecule has 3 aliphatic rings. The van der Waals surface area contributed by atoms with Crippen molar-refractivity contribution in [3.05, 3.63) is 65.4 Å². The Bertz CT molecular complexity index is 1260. The van der Waals surface area contributed by atoms with E-state index in [1.165, 1.54) is 41.1 Å². The molecule has 3 unspecified atom stereocenters. The van der Waals surface area contributed by atoms with Crippen LogP contribution in [0.15, 0.2) is 48.3 Å². The minimum atomic E-state index is -2.03. The second-order valence-electron chi connectivity index (χ2n) is 9.59. The molecule has 3 atom stereocenters. The Hall–Kier alpha value is -3.38. The van der Waals surface area contributed by atoms with Crippen LogP contribution in [0.1, 0.15) is 54.2 Å². The minimum absolute atomic E-state index is 0.0133. The lowest BCUT2D eigenvalue weighted by Crippen LogP contribution is -2.40. The van der Waals surface area contributed by atoms with Gasteiger partial charge in [-0.15, -0.1) is 0 Å². The van der Waals surface area contributed by atoms with E-state index in [0.29, 0.717) is 25.9 Å². The van der Waals surface area contributed by atoms with Gasteiger partial charge >= 0.3 is 0 Å². The third-order valence-electron chi connectivity index (χ3n) is 7.07. The van der Waals surface area contributed by atoms with E-state index < -0.39 is 23.4 Å². The predicted octanol–water partition coefficient (Wildman–Crippen LogP) is 4.60. The van der Waals surface area contributed by atoms with E-state index in [1.54, 1.807) is 11.0 Å². The Morgan fingerprint density at radius 2 is 2.00 bits per heavy atom. The molecule has 0 bridgehead atoms. The zero-order valence-electron chi connectivity index (χ0n) is 19.1. The summed E-state index contributed by atoms with van der Waals surface area (Å²) in [5.41, 5.74) is 4.41. The van der Waals surface area contributed by atoms with Crippen LogP contribution < -0.4 is 5.73 Å². The van der Waals surface area contributed by atoms with Gasteiger partial charge in [0.15, 0.2) is 11.4 Å². The van der Waals surface area contributed by atoms with Crippen LogP contribution >= 0.6 is 0 Å². The predicted molar refractivity (Wildman–Crippen MR) is 124 cm³/mol. The fourth-order valence-corrected chi connectivity index (χ4v) is 5.07. The maximum Gasteiger partial charge on any atom is 0.274 e. The molecule has 1 amide bonds. The number of carbonyl (C=O) groups is 1. The average molecular weight is 482 g/mol. The second-order valence-corrected chi connectivity index (χ2v) is 9.59. The molecule has 2 fully saturated rings. The van der Waals surface area contributed by atoms with Crippen molar-refractivity contribution in [3.63, 3.8) is 0 Å². The molecule has 9 heteroatoms. The van der Waals surface area contributed by atoms with Gasteiger partial charge in [0.05, 0.1) is 11.3 Å². The van der Waals surface area contributed by atoms with Crippen molar-refractivity contribution in [2.75, 3.05) is 13.1 Å². The van der Waals surface area contributed by atoms with Crippen LogP contribution in [0.2, 0.25) is 0 Å². The first-order valence-corrected chi connectivity index (χ1v) is 11.9. The van der Waals surface area contributed by atoms with Crippen molar-refractivity contribution < 1.29 is 18.0 Å². The van der Waals surface area contributed by atoms with E-state index in [1.807, 2.05) is 0 Å². The highest BCUT2D eigenvalue weighted by molar-refractivity contribution is 5.93. The van der Waals surface area contributed by atoms with E-state index >= 15 is 8.78 Å². The summed E-state index contributed by atoms with van der Waals surface area (Å²) in [7, 11) is 0. The van der Waals surface area contributed by atoms with Gasteiger partial charge in [0, 0.05) is 24.7 Å². The normalized spacial score (nSPS) is 26.7. The minimum Gasteiger partial charge on any atom is -0.336 e. The van der Waals surface area contributed by atoms with Gasteiger partial charge < -0.3 is 10.6 Å². The summed E-state index contributed by atoms with van der Waals surface area (Å²) in [6.07, 6.45) is 7.64. The monoisotopic (exact) mass is 481 g/mol. The number of carbonyl (C=O) groups excluding carboxylic acids is 1. The van der Waals surface area contributed by atoms with Crippen LogP contribution in [-0.2, 0) is 0 Å². The van der Waals surface area contributed by atoms with Crippen LogP contribution in [0.5, 0.6) is 0 Å². The summed E-state index contributed by atoms with van der Waals surface area (Å²) in [5, 5.41) is 13.5. The molecule has 35 heavy (non-hydrogen) atoms. The molecule has 5 rings (SSSR count). The molecule has 6 nitrogen and oxygen atoms in total. The number of hydrogen-bond donors (Lipinski definition) is 1. The number of alkyl halides is 1. The van der Waals surface area contributed by atoms with Gasteiger partial charge in [-0.2, -0.15) is 10.4 Å². The quantitative estimate of drug-likeness (QED) is 0.692. The van der Waals surface area contributed by atoms with Crippen LogP contribution in [0.3, 0.4) is 0 Å². The Morgan fingerprint density at radius 1 is 1.20 bits per heavy atom. The van der Waals surface area contributed by atoms with Crippen molar-refractivity contribution in [1.29, 1.82) is 5.26 Å². The first-order valence-electron chi connectivity index (χ1n) is 11.9. The van der Waals surface area contributed by atoms with Gasteiger partial charge in [0.2, 0.25) is 0 Å². The number of nitrogens with two attached hydrogens (primary N) is 1. The molecule has 182 valence electrons. The van der Waals surface area contributed by atoms with E-state index in [-0.39, 0.29) is 40.4 Å². The van der Waals surface area contributed by atoms with E-state index in [0.717, 1.165) is 25.3 Å². The summed E-state index contributed by atoms with van der Waals surface area (Å²) in [6, 6.07) is 5.53. The van der Waals surface area contributed by atoms with Crippen molar-refractivity contribution in [1.82, 2.24) is 14.7 Å². The number of likely N-dealkylation sites (tertiary alicyclic amines) is 1. The third kappa shape index (κ3) is 4.27. The van der Waals surface area contributed by atoms with Crippen LogP contribution in [0.4, 0.5) is 13.2 Å². The van der Waals surface area contributed by atoms with Crippen LogP contribution in [0.25, 0.3) is 11.3 Å². The van der Waals surface area contributed by atoms with Gasteiger partial charge in [-0.25, -0.2) is 13.2 Å². The van der Waals surface area contributed by atoms with E-state index in [2.05, 4.69) is 5.10 Å². The molecule has 2 N–H and O–H groups in total. The number of rotatable bonds is 4. The molecule has 1 saturated heterocycles. The Labute approximate surface area is 201 Å². The maximum absolute atomic E-state index is 16.3. The first-order chi connectivity index (χ1) is 16.8. The van der Waals surface area contributed by atoms with Gasteiger partial charge in [0.25, 0.3) is 5.91 Å². The number of nitrogens with zero attached hydrogens (tertiary/aromatic N) is 4. The van der Waals surface area contributed by atoms with Gasteiger partial charge in [-0.3, -0.25) is 9.48 Å². The molecule has 0 radical (unpaired) electrons. The van der Waals surface area contributed by atoms with Crippen molar-refractivity contribution in [3.8, 4) is 17.3 Å². The highest BCUT2D eigenvalue weighted by atomic mass is 19.2. The SMILES string of the molecule is N#Cc1ccc(-c2cc(C(=O)N3CCCCC(N)C3)nn2C2C(F)=CC=CC2(F)C2CC2)cc1F. The highest BCUT2D eigenvalue weighted by Crippen LogP contribution is 2.53. The summed E-state index contributed by atoms with van der Waals surface area (Å²) in [6.45, 7) is 0.873. The van der Waals surface area contributed by atoms with Crippen molar-refractivity contribution >= 4 is 5.91 Å². The summed E-state index contributed by atoms with van der Waals surface area (Å²) in [4.78, 5) is 15.0. The Kier molecular flexibility index (Phi) is 6.01. The molecule has 0 spiro atoms. The molecular formula is C26H26F3N5O. The number of aromatic nitrogens is 2. The van der Waals surface area contributed by atoms with Crippen LogP contribution in [0, 0.1) is 23.1 Å². The number of halogens is 3. The molecule has 1 aliphatic heterocycles. The lowest BCUT2D eigenvalue weighted by atomic mass is 9.86. The highest BCUT2D eigenvalue weighted by Gasteiger charge is 2.54. The smallest absolute Gasteiger partial charge is 0.274 e. The zero-order valence-corrected chi connectivity index (χ0v) is 19.1. The molecule has 1 saturated carbocycles. The van der Waals surface area contributed by atoms with Gasteiger partial charge in [0.1, 0.15) is 23.8 Å². The Morgan fingerprint density at radius 3 is 2.71 bits per heavy atom.